The Hall–Kier alpha value is -0.590. The van der Waals surface area contributed by atoms with Gasteiger partial charge in [0.15, 0.2) is 6.10 Å². The third-order valence-corrected chi connectivity index (χ3v) is 4.91. The molecular formula is C15H21F3O3. The highest BCUT2D eigenvalue weighted by Crippen LogP contribution is 2.54. The summed E-state index contributed by atoms with van der Waals surface area (Å²) in [5.41, 5.74) is -1.20. The van der Waals surface area contributed by atoms with E-state index in [0.717, 1.165) is 32.1 Å². The summed E-state index contributed by atoms with van der Waals surface area (Å²) in [6.07, 6.45) is 0.0385. The molecule has 0 amide bonds. The second-order valence-electron chi connectivity index (χ2n) is 6.41. The van der Waals surface area contributed by atoms with E-state index in [-0.39, 0.29) is 25.6 Å². The molecule has 2 bridgehead atoms. The molecule has 1 saturated carbocycles. The summed E-state index contributed by atoms with van der Waals surface area (Å²) in [5, 5.41) is 0. The van der Waals surface area contributed by atoms with Crippen molar-refractivity contribution in [2.75, 3.05) is 13.2 Å². The minimum absolute atomic E-state index is 0.0136. The van der Waals surface area contributed by atoms with Crippen LogP contribution < -0.4 is 0 Å². The lowest BCUT2D eigenvalue weighted by atomic mass is 9.76. The van der Waals surface area contributed by atoms with Crippen LogP contribution in [0.1, 0.15) is 38.5 Å². The molecular weight excluding hydrogens is 285 g/mol. The highest BCUT2D eigenvalue weighted by Gasteiger charge is 2.67. The molecule has 6 heteroatoms. The van der Waals surface area contributed by atoms with Crippen LogP contribution in [0.3, 0.4) is 0 Å². The summed E-state index contributed by atoms with van der Waals surface area (Å²) in [5.74, 6) is -1.61. The van der Waals surface area contributed by atoms with Gasteiger partial charge >= 0.3 is 6.18 Å². The van der Waals surface area contributed by atoms with Crippen LogP contribution in [-0.4, -0.2) is 31.5 Å². The van der Waals surface area contributed by atoms with Gasteiger partial charge in [-0.15, -0.1) is 6.58 Å². The number of fused-ring (bicyclic) bond motifs is 3. The van der Waals surface area contributed by atoms with E-state index in [1.165, 1.54) is 6.08 Å². The Balaban J connectivity index is 1.87. The molecule has 3 saturated heterocycles. The minimum atomic E-state index is -4.42. The van der Waals surface area contributed by atoms with E-state index >= 15 is 0 Å². The maximum absolute atomic E-state index is 13.4. The molecule has 0 N–H and O–H groups in total. The van der Waals surface area contributed by atoms with Crippen molar-refractivity contribution in [3.63, 3.8) is 0 Å². The van der Waals surface area contributed by atoms with Gasteiger partial charge < -0.3 is 14.2 Å². The van der Waals surface area contributed by atoms with Crippen molar-refractivity contribution in [2.45, 2.75) is 56.8 Å². The quantitative estimate of drug-likeness (QED) is 0.743. The third kappa shape index (κ3) is 2.51. The van der Waals surface area contributed by atoms with E-state index in [1.807, 2.05) is 0 Å². The molecule has 3 aliphatic heterocycles. The first kappa shape index (κ1) is 15.3. The molecule has 3 heterocycles. The highest BCUT2D eigenvalue weighted by atomic mass is 19.4. The summed E-state index contributed by atoms with van der Waals surface area (Å²) in [4.78, 5) is 0. The van der Waals surface area contributed by atoms with E-state index in [4.69, 9.17) is 14.2 Å². The minimum Gasteiger partial charge on any atom is -0.326 e. The fraction of sp³-hybridized carbons (Fsp3) is 0.867. The average Bonchev–Trinajstić information content (AvgIpc) is 2.48. The van der Waals surface area contributed by atoms with Crippen LogP contribution >= 0.6 is 0 Å². The molecule has 120 valence electrons. The Morgan fingerprint density at radius 2 is 1.71 bits per heavy atom. The van der Waals surface area contributed by atoms with Crippen LogP contribution in [0.2, 0.25) is 0 Å². The lowest BCUT2D eigenvalue weighted by Gasteiger charge is -2.58. The first-order valence-electron chi connectivity index (χ1n) is 7.55. The van der Waals surface area contributed by atoms with Crippen molar-refractivity contribution >= 4 is 0 Å². The molecule has 4 rings (SSSR count). The van der Waals surface area contributed by atoms with Crippen LogP contribution in [0.4, 0.5) is 13.2 Å². The number of rotatable bonds is 3. The smallest absolute Gasteiger partial charge is 0.326 e. The van der Waals surface area contributed by atoms with Gasteiger partial charge in [0, 0.05) is 5.92 Å². The second kappa shape index (κ2) is 5.25. The molecule has 0 aromatic heterocycles. The summed E-state index contributed by atoms with van der Waals surface area (Å²) in [6, 6.07) is 0. The molecule has 0 radical (unpaired) electrons. The van der Waals surface area contributed by atoms with Crippen molar-refractivity contribution in [3.05, 3.63) is 12.7 Å². The molecule has 1 unspecified atom stereocenters. The molecule has 4 aliphatic rings. The van der Waals surface area contributed by atoms with Crippen molar-refractivity contribution in [2.24, 2.45) is 11.3 Å². The molecule has 3 nitrogen and oxygen atoms in total. The van der Waals surface area contributed by atoms with Gasteiger partial charge in [-0.05, 0) is 19.3 Å². The highest BCUT2D eigenvalue weighted by molar-refractivity contribution is 5.03. The first-order valence-corrected chi connectivity index (χ1v) is 7.55. The van der Waals surface area contributed by atoms with Gasteiger partial charge in [0.05, 0.1) is 18.6 Å². The predicted octanol–water partition coefficient (Wildman–Crippen LogP) is 3.79. The van der Waals surface area contributed by atoms with Crippen molar-refractivity contribution < 1.29 is 27.4 Å². The molecule has 0 spiro atoms. The fourth-order valence-electron chi connectivity index (χ4n) is 3.80. The van der Waals surface area contributed by atoms with Crippen molar-refractivity contribution in [3.8, 4) is 0 Å². The standard InChI is InChI=1S/C15H21F3O3/c1-2-8-13-9-19-15(20-10-13,11-6-4-3-5-7-11)21-12(13)14(16,17)18/h2,11-12H,1,3-10H2. The van der Waals surface area contributed by atoms with Crippen LogP contribution in [0, 0.1) is 11.3 Å². The molecule has 0 aromatic rings. The van der Waals surface area contributed by atoms with Gasteiger partial charge in [-0.3, -0.25) is 0 Å². The fourth-order valence-corrected chi connectivity index (χ4v) is 3.80. The van der Waals surface area contributed by atoms with Gasteiger partial charge in [-0.1, -0.05) is 25.3 Å². The lowest BCUT2D eigenvalue weighted by molar-refractivity contribution is -0.528. The van der Waals surface area contributed by atoms with E-state index in [0.29, 0.717) is 0 Å². The zero-order valence-corrected chi connectivity index (χ0v) is 12.0. The van der Waals surface area contributed by atoms with Crippen LogP contribution in [0.25, 0.3) is 0 Å². The van der Waals surface area contributed by atoms with Gasteiger partial charge in [0.1, 0.15) is 0 Å². The summed E-state index contributed by atoms with van der Waals surface area (Å²) >= 11 is 0. The van der Waals surface area contributed by atoms with E-state index in [1.54, 1.807) is 0 Å². The van der Waals surface area contributed by atoms with E-state index < -0.39 is 23.7 Å². The summed E-state index contributed by atoms with van der Waals surface area (Å²) < 4.78 is 57.1. The predicted molar refractivity (Wildman–Crippen MR) is 69.4 cm³/mol. The van der Waals surface area contributed by atoms with Crippen LogP contribution in [0.15, 0.2) is 12.7 Å². The largest absolute Gasteiger partial charge is 0.415 e. The molecule has 0 aromatic carbocycles. The Bertz CT molecular complexity index is 393. The molecule has 4 fully saturated rings. The maximum atomic E-state index is 13.4. The molecule has 1 aliphatic carbocycles. The van der Waals surface area contributed by atoms with Crippen LogP contribution in [0.5, 0.6) is 0 Å². The number of ether oxygens (including phenoxy) is 3. The Morgan fingerprint density at radius 1 is 1.10 bits per heavy atom. The second-order valence-corrected chi connectivity index (χ2v) is 6.41. The third-order valence-electron chi connectivity index (χ3n) is 4.91. The van der Waals surface area contributed by atoms with Gasteiger partial charge in [-0.25, -0.2) is 0 Å². The number of halogens is 3. The van der Waals surface area contributed by atoms with Crippen LogP contribution in [-0.2, 0) is 14.2 Å². The maximum Gasteiger partial charge on any atom is 0.415 e. The van der Waals surface area contributed by atoms with Gasteiger partial charge in [0.2, 0.25) is 0 Å². The Kier molecular flexibility index (Phi) is 3.83. The topological polar surface area (TPSA) is 27.7 Å². The monoisotopic (exact) mass is 306 g/mol. The molecule has 1 atom stereocenters. The molecule has 21 heavy (non-hydrogen) atoms. The Labute approximate surface area is 122 Å². The summed E-state index contributed by atoms with van der Waals surface area (Å²) in [7, 11) is 0. The zero-order chi connectivity index (χ0) is 15.1. The number of hydrogen-bond donors (Lipinski definition) is 0. The van der Waals surface area contributed by atoms with Gasteiger partial charge in [-0.2, -0.15) is 13.2 Å². The number of alkyl halides is 3. The summed E-state index contributed by atoms with van der Waals surface area (Å²) in [6.45, 7) is 3.58. The first-order chi connectivity index (χ1) is 9.92. The SMILES string of the molecule is C=CCC12COC(C3CCCCC3)(OC1)OC2C(F)(F)F. The Morgan fingerprint density at radius 3 is 2.24 bits per heavy atom. The number of hydrogen-bond acceptors (Lipinski definition) is 3. The normalized spacial score (nSPS) is 41.2. The van der Waals surface area contributed by atoms with Crippen molar-refractivity contribution in [1.29, 1.82) is 0 Å². The van der Waals surface area contributed by atoms with E-state index in [2.05, 4.69) is 6.58 Å². The van der Waals surface area contributed by atoms with Gasteiger partial charge in [0.25, 0.3) is 5.97 Å². The zero-order valence-electron chi connectivity index (χ0n) is 12.0. The average molecular weight is 306 g/mol. The van der Waals surface area contributed by atoms with E-state index in [9.17, 15) is 13.2 Å². The van der Waals surface area contributed by atoms with Crippen molar-refractivity contribution in [1.82, 2.24) is 0 Å². The number of allylic oxidation sites excluding steroid dienone is 1. The lowest BCUT2D eigenvalue weighted by Crippen LogP contribution is -2.70.